The van der Waals surface area contributed by atoms with Crippen molar-refractivity contribution in [1.29, 1.82) is 0 Å². The first kappa shape index (κ1) is 13.8. The summed E-state index contributed by atoms with van der Waals surface area (Å²) in [7, 11) is 0. The van der Waals surface area contributed by atoms with Gasteiger partial charge in [0, 0.05) is 6.07 Å². The molecule has 1 aromatic carbocycles. The number of carboxylic acids is 1. The minimum atomic E-state index is -1.56. The van der Waals surface area contributed by atoms with Gasteiger partial charge in [0.05, 0.1) is 16.8 Å². The Kier molecular flexibility index (Phi) is 3.35. The zero-order valence-corrected chi connectivity index (χ0v) is 9.80. The first-order valence-electron chi connectivity index (χ1n) is 5.49. The molecule has 1 saturated carbocycles. The fourth-order valence-corrected chi connectivity index (χ4v) is 1.79. The molecule has 1 amide bonds. The molecule has 2 unspecified atom stereocenters. The number of nitrogens with one attached hydrogen (secondary N) is 1. The van der Waals surface area contributed by atoms with E-state index in [1.807, 2.05) is 5.32 Å². The standard InChI is InChI=1S/C11H8F2N2O5/c12-6-1-2-7(15(19)20)9(8(6)13)14-10(16)4-3-5(4)11(17)18/h1-2,4-5H,3H2,(H,14,16)(H,17,18). The minimum Gasteiger partial charge on any atom is -0.481 e. The largest absolute Gasteiger partial charge is 0.481 e. The molecule has 1 fully saturated rings. The van der Waals surface area contributed by atoms with E-state index in [0.29, 0.717) is 6.07 Å². The van der Waals surface area contributed by atoms with Crippen LogP contribution < -0.4 is 5.32 Å². The van der Waals surface area contributed by atoms with Gasteiger partial charge in [0.2, 0.25) is 5.91 Å². The number of hydrogen-bond donors (Lipinski definition) is 2. The molecule has 2 atom stereocenters. The molecular formula is C11H8F2N2O5. The van der Waals surface area contributed by atoms with Crippen LogP contribution in [0.25, 0.3) is 0 Å². The summed E-state index contributed by atoms with van der Waals surface area (Å²) >= 11 is 0. The molecule has 1 aliphatic rings. The van der Waals surface area contributed by atoms with Crippen LogP contribution in [0, 0.1) is 33.6 Å². The fraction of sp³-hybridized carbons (Fsp3) is 0.273. The molecule has 2 N–H and O–H groups in total. The summed E-state index contributed by atoms with van der Waals surface area (Å²) in [5.41, 5.74) is -1.69. The van der Waals surface area contributed by atoms with E-state index < -0.39 is 51.6 Å². The van der Waals surface area contributed by atoms with Gasteiger partial charge in [0.1, 0.15) is 0 Å². The van der Waals surface area contributed by atoms with Crippen LogP contribution in [0.4, 0.5) is 20.2 Å². The molecule has 0 heterocycles. The average Bonchev–Trinajstić information content (AvgIpc) is 3.14. The molecule has 0 spiro atoms. The summed E-state index contributed by atoms with van der Waals surface area (Å²) in [4.78, 5) is 32.0. The number of halogens is 2. The van der Waals surface area contributed by atoms with Crippen molar-refractivity contribution in [2.45, 2.75) is 6.42 Å². The van der Waals surface area contributed by atoms with Crippen LogP contribution in [-0.4, -0.2) is 21.9 Å². The van der Waals surface area contributed by atoms with Crippen molar-refractivity contribution in [1.82, 2.24) is 0 Å². The molecule has 0 aliphatic heterocycles. The maximum absolute atomic E-state index is 13.5. The fourth-order valence-electron chi connectivity index (χ4n) is 1.79. The van der Waals surface area contributed by atoms with Crippen molar-refractivity contribution in [2.75, 3.05) is 5.32 Å². The normalized spacial score (nSPS) is 20.3. The quantitative estimate of drug-likeness (QED) is 0.644. The average molecular weight is 286 g/mol. The molecule has 0 aromatic heterocycles. The number of carbonyl (C=O) groups excluding carboxylic acids is 1. The SMILES string of the molecule is O=C(O)C1CC1C(=O)Nc1c([N+](=O)[O-])ccc(F)c1F. The van der Waals surface area contributed by atoms with Crippen LogP contribution in [0.2, 0.25) is 0 Å². The van der Waals surface area contributed by atoms with Crippen molar-refractivity contribution < 1.29 is 28.4 Å². The number of amides is 1. The lowest BCUT2D eigenvalue weighted by Gasteiger charge is -2.07. The van der Waals surface area contributed by atoms with E-state index in [1.165, 1.54) is 0 Å². The molecule has 2 rings (SSSR count). The zero-order valence-electron chi connectivity index (χ0n) is 9.80. The maximum atomic E-state index is 13.5. The Hall–Kier alpha value is -2.58. The van der Waals surface area contributed by atoms with E-state index in [-0.39, 0.29) is 6.42 Å². The van der Waals surface area contributed by atoms with E-state index in [9.17, 15) is 28.5 Å². The molecule has 7 nitrogen and oxygen atoms in total. The number of aliphatic carboxylic acids is 1. The molecule has 9 heteroatoms. The Morgan fingerprint density at radius 3 is 2.50 bits per heavy atom. The second-order valence-electron chi connectivity index (χ2n) is 4.29. The van der Waals surface area contributed by atoms with E-state index in [4.69, 9.17) is 5.11 Å². The van der Waals surface area contributed by atoms with E-state index in [0.717, 1.165) is 6.07 Å². The molecule has 1 aliphatic carbocycles. The Morgan fingerprint density at radius 2 is 2.00 bits per heavy atom. The summed E-state index contributed by atoms with van der Waals surface area (Å²) in [5, 5.41) is 21.2. The van der Waals surface area contributed by atoms with Gasteiger partial charge in [-0.15, -0.1) is 0 Å². The van der Waals surface area contributed by atoms with Gasteiger partial charge in [-0.1, -0.05) is 0 Å². The Labute approximate surface area is 110 Å². The summed E-state index contributed by atoms with van der Waals surface area (Å²) in [6, 6.07) is 1.29. The van der Waals surface area contributed by atoms with Crippen LogP contribution in [0.15, 0.2) is 12.1 Å². The van der Waals surface area contributed by atoms with Gasteiger partial charge in [0.15, 0.2) is 17.3 Å². The third-order valence-corrected chi connectivity index (χ3v) is 2.96. The van der Waals surface area contributed by atoms with Crippen molar-refractivity contribution in [3.8, 4) is 0 Å². The first-order chi connectivity index (χ1) is 9.32. The lowest BCUT2D eigenvalue weighted by atomic mass is 10.2. The van der Waals surface area contributed by atoms with Crippen molar-refractivity contribution in [3.63, 3.8) is 0 Å². The van der Waals surface area contributed by atoms with Gasteiger partial charge >= 0.3 is 5.97 Å². The maximum Gasteiger partial charge on any atom is 0.307 e. The molecule has 1 aromatic rings. The van der Waals surface area contributed by atoms with Gasteiger partial charge in [-0.2, -0.15) is 0 Å². The third-order valence-electron chi connectivity index (χ3n) is 2.96. The Balaban J connectivity index is 2.25. The molecule has 20 heavy (non-hydrogen) atoms. The highest BCUT2D eigenvalue weighted by atomic mass is 19.2. The highest BCUT2D eigenvalue weighted by Gasteiger charge is 2.48. The monoisotopic (exact) mass is 286 g/mol. The van der Waals surface area contributed by atoms with Crippen LogP contribution in [0.1, 0.15) is 6.42 Å². The first-order valence-corrected chi connectivity index (χ1v) is 5.49. The number of carbonyl (C=O) groups is 2. The third kappa shape index (κ3) is 2.42. The zero-order chi connectivity index (χ0) is 15.0. The summed E-state index contributed by atoms with van der Waals surface area (Å²) in [6.45, 7) is 0. The number of nitro groups is 1. The highest BCUT2D eigenvalue weighted by molar-refractivity contribution is 5.99. The second kappa shape index (κ2) is 4.83. The molecule has 0 saturated heterocycles. The molecule has 0 radical (unpaired) electrons. The number of rotatable bonds is 4. The number of carboxylic acid groups (broad SMARTS) is 1. The van der Waals surface area contributed by atoms with Gasteiger partial charge in [-0.25, -0.2) is 8.78 Å². The number of nitro benzene ring substituents is 1. The molecule has 106 valence electrons. The second-order valence-corrected chi connectivity index (χ2v) is 4.29. The predicted molar refractivity (Wildman–Crippen MR) is 60.9 cm³/mol. The van der Waals surface area contributed by atoms with Gasteiger partial charge in [0.25, 0.3) is 5.69 Å². The predicted octanol–water partition coefficient (Wildman–Crippen LogP) is 1.53. The Morgan fingerprint density at radius 1 is 1.35 bits per heavy atom. The lowest BCUT2D eigenvalue weighted by molar-refractivity contribution is -0.384. The number of nitrogens with zero attached hydrogens (tertiary/aromatic N) is 1. The topological polar surface area (TPSA) is 110 Å². The highest BCUT2D eigenvalue weighted by Crippen LogP contribution is 2.40. The lowest BCUT2D eigenvalue weighted by Crippen LogP contribution is -2.19. The number of benzene rings is 1. The van der Waals surface area contributed by atoms with Crippen molar-refractivity contribution >= 4 is 23.3 Å². The van der Waals surface area contributed by atoms with Crippen molar-refractivity contribution in [3.05, 3.63) is 33.9 Å². The van der Waals surface area contributed by atoms with Crippen LogP contribution in [-0.2, 0) is 9.59 Å². The number of anilines is 1. The van der Waals surface area contributed by atoms with E-state index in [1.54, 1.807) is 0 Å². The van der Waals surface area contributed by atoms with Crippen LogP contribution in [0.5, 0.6) is 0 Å². The smallest absolute Gasteiger partial charge is 0.307 e. The van der Waals surface area contributed by atoms with Crippen LogP contribution >= 0.6 is 0 Å². The van der Waals surface area contributed by atoms with E-state index >= 15 is 0 Å². The van der Waals surface area contributed by atoms with Crippen molar-refractivity contribution in [2.24, 2.45) is 11.8 Å². The summed E-state index contributed by atoms with van der Waals surface area (Å²) < 4.78 is 26.6. The van der Waals surface area contributed by atoms with E-state index in [2.05, 4.69) is 0 Å². The molecular weight excluding hydrogens is 278 g/mol. The Bertz CT molecular complexity index is 619. The minimum absolute atomic E-state index is 0.0614. The summed E-state index contributed by atoms with van der Waals surface area (Å²) in [5.74, 6) is -6.76. The van der Waals surface area contributed by atoms with Gasteiger partial charge in [-0.05, 0) is 12.5 Å². The van der Waals surface area contributed by atoms with Gasteiger partial charge < -0.3 is 10.4 Å². The molecule has 0 bridgehead atoms. The number of hydrogen-bond acceptors (Lipinski definition) is 4. The van der Waals surface area contributed by atoms with Crippen LogP contribution in [0.3, 0.4) is 0 Å². The van der Waals surface area contributed by atoms with Gasteiger partial charge in [-0.3, -0.25) is 19.7 Å². The summed E-state index contributed by atoms with van der Waals surface area (Å²) in [6.07, 6.45) is 0.0614.